The largest absolute Gasteiger partial charge is 0.496 e. The predicted octanol–water partition coefficient (Wildman–Crippen LogP) is 3.14. The van der Waals surface area contributed by atoms with Gasteiger partial charge < -0.3 is 9.47 Å². The third kappa shape index (κ3) is 4.13. The van der Waals surface area contributed by atoms with E-state index in [0.29, 0.717) is 17.0 Å². The van der Waals surface area contributed by atoms with E-state index in [0.717, 1.165) is 35.0 Å². The molecule has 1 aliphatic rings. The molecule has 0 aliphatic heterocycles. The topological polar surface area (TPSA) is 89.0 Å². The summed E-state index contributed by atoms with van der Waals surface area (Å²) in [6.45, 7) is 3.21. The second kappa shape index (κ2) is 8.57. The fraction of sp³-hybridized carbons (Fsp3) is 0.333. The second-order valence-corrected chi connectivity index (χ2v) is 8.37. The molecule has 2 aromatic heterocycles. The Hall–Kier alpha value is -3.88. The van der Waals surface area contributed by atoms with Crippen LogP contribution in [0.3, 0.4) is 0 Å². The summed E-state index contributed by atoms with van der Waals surface area (Å²) < 4.78 is 16.2. The Morgan fingerprint density at radius 3 is 2.64 bits per heavy atom. The maximum absolute atomic E-state index is 12.4. The molecule has 0 unspecified atom stereocenters. The van der Waals surface area contributed by atoms with E-state index >= 15 is 0 Å². The molecular weight excluding hydrogens is 420 g/mol. The van der Waals surface area contributed by atoms with Crippen molar-refractivity contribution in [2.45, 2.75) is 32.9 Å². The Labute approximate surface area is 191 Å². The van der Waals surface area contributed by atoms with Crippen molar-refractivity contribution in [2.75, 3.05) is 7.11 Å². The van der Waals surface area contributed by atoms with Crippen molar-refractivity contribution in [2.24, 2.45) is 13.0 Å². The number of rotatable bonds is 8. The highest BCUT2D eigenvalue weighted by Gasteiger charge is 2.23. The van der Waals surface area contributed by atoms with E-state index in [1.807, 2.05) is 31.3 Å². The molecule has 1 saturated carbocycles. The lowest BCUT2D eigenvalue weighted by molar-refractivity contribution is 0.294. The molecule has 0 radical (unpaired) electrons. The van der Waals surface area contributed by atoms with Crippen LogP contribution >= 0.6 is 0 Å². The van der Waals surface area contributed by atoms with Crippen LogP contribution < -0.4 is 15.2 Å². The van der Waals surface area contributed by atoms with E-state index in [4.69, 9.17) is 9.47 Å². The van der Waals surface area contributed by atoms with E-state index in [1.54, 1.807) is 20.2 Å². The smallest absolute Gasteiger partial charge is 0.368 e. The first-order valence-corrected chi connectivity index (χ1v) is 11.0. The lowest BCUT2D eigenvalue weighted by atomic mass is 10.1. The van der Waals surface area contributed by atoms with Gasteiger partial charge in [-0.2, -0.15) is 14.5 Å². The molecule has 33 heavy (non-hydrogen) atoms. The lowest BCUT2D eigenvalue weighted by Crippen LogP contribution is -2.23. The summed E-state index contributed by atoms with van der Waals surface area (Å²) in [4.78, 5) is 12.4. The van der Waals surface area contributed by atoms with Crippen molar-refractivity contribution in [3.63, 3.8) is 0 Å². The summed E-state index contributed by atoms with van der Waals surface area (Å²) in [5.41, 5.74) is 4.19. The number of methoxy groups -OCH3 is 1. The molecule has 0 amide bonds. The fourth-order valence-corrected chi connectivity index (χ4v) is 3.94. The predicted molar refractivity (Wildman–Crippen MR) is 123 cm³/mol. The molecule has 0 N–H and O–H groups in total. The van der Waals surface area contributed by atoms with Crippen LogP contribution in [0, 0.1) is 12.8 Å². The molecule has 9 heteroatoms. The maximum atomic E-state index is 12.4. The van der Waals surface area contributed by atoms with Gasteiger partial charge >= 0.3 is 5.69 Å². The van der Waals surface area contributed by atoms with Gasteiger partial charge in [-0.15, -0.1) is 0 Å². The average Bonchev–Trinajstić information content (AvgIpc) is 3.42. The Balaban J connectivity index is 1.41. The zero-order valence-corrected chi connectivity index (χ0v) is 18.9. The first kappa shape index (κ1) is 21.0. The molecule has 0 saturated heterocycles. The molecule has 0 bridgehead atoms. The van der Waals surface area contributed by atoms with Crippen molar-refractivity contribution < 1.29 is 9.47 Å². The number of aryl methyl sites for hydroxylation is 2. The highest BCUT2D eigenvalue weighted by atomic mass is 16.5. The SMILES string of the molecule is COc1cccc(-n2nnn(C)c2=O)c1COc1ccc(-c2ccnn2CC2CC2)cc1C. The Kier molecular flexibility index (Phi) is 5.45. The molecule has 2 aromatic carbocycles. The average molecular weight is 447 g/mol. The monoisotopic (exact) mass is 446 g/mol. The molecule has 1 aliphatic carbocycles. The van der Waals surface area contributed by atoms with Crippen molar-refractivity contribution in [1.29, 1.82) is 0 Å². The number of ether oxygens (including phenoxy) is 2. The molecule has 2 heterocycles. The van der Waals surface area contributed by atoms with Crippen LogP contribution in [0.4, 0.5) is 0 Å². The van der Waals surface area contributed by atoms with Crippen molar-refractivity contribution >= 4 is 0 Å². The van der Waals surface area contributed by atoms with Gasteiger partial charge in [0.1, 0.15) is 18.1 Å². The van der Waals surface area contributed by atoms with Crippen molar-refractivity contribution in [1.82, 2.24) is 29.6 Å². The zero-order valence-electron chi connectivity index (χ0n) is 18.9. The van der Waals surface area contributed by atoms with Gasteiger partial charge in [-0.3, -0.25) is 4.68 Å². The van der Waals surface area contributed by atoms with Gasteiger partial charge in [0.2, 0.25) is 0 Å². The molecule has 9 nitrogen and oxygen atoms in total. The first-order chi connectivity index (χ1) is 16.0. The van der Waals surface area contributed by atoms with Gasteiger partial charge in [0.25, 0.3) is 0 Å². The normalized spacial score (nSPS) is 13.3. The maximum Gasteiger partial charge on any atom is 0.368 e. The third-order valence-corrected chi connectivity index (χ3v) is 5.97. The van der Waals surface area contributed by atoms with Crippen LogP contribution in [0.1, 0.15) is 24.0 Å². The van der Waals surface area contributed by atoms with Gasteiger partial charge in [0.05, 0.1) is 24.1 Å². The minimum Gasteiger partial charge on any atom is -0.496 e. The molecule has 4 aromatic rings. The van der Waals surface area contributed by atoms with Gasteiger partial charge in [-0.25, -0.2) is 4.79 Å². The van der Waals surface area contributed by atoms with Crippen LogP contribution in [0.2, 0.25) is 0 Å². The van der Waals surface area contributed by atoms with Crippen LogP contribution in [0.5, 0.6) is 11.5 Å². The van der Waals surface area contributed by atoms with Gasteiger partial charge in [0.15, 0.2) is 0 Å². The standard InChI is InChI=1S/C24H26N6O3/c1-16-13-18(20-11-12-25-29(20)14-17-7-8-17)9-10-22(16)33-15-19-21(5-4-6-23(19)32-3)30-24(31)28(2)26-27-30/h4-6,9-13,17H,7-8,14-15H2,1-3H3. The van der Waals surface area contributed by atoms with E-state index < -0.39 is 0 Å². The summed E-state index contributed by atoms with van der Waals surface area (Å²) in [6, 6.07) is 13.6. The van der Waals surface area contributed by atoms with Gasteiger partial charge in [-0.05, 0) is 78.1 Å². The zero-order chi connectivity index (χ0) is 22.9. The minimum atomic E-state index is -0.340. The van der Waals surface area contributed by atoms with Crippen molar-refractivity contribution in [3.8, 4) is 28.4 Å². The minimum absolute atomic E-state index is 0.210. The summed E-state index contributed by atoms with van der Waals surface area (Å²) in [6.07, 6.45) is 4.43. The molecule has 170 valence electrons. The molecular formula is C24H26N6O3. The highest BCUT2D eigenvalue weighted by Crippen LogP contribution is 2.33. The Bertz CT molecular complexity index is 1350. The van der Waals surface area contributed by atoms with Crippen LogP contribution in [0.15, 0.2) is 53.5 Å². The van der Waals surface area contributed by atoms with E-state index in [-0.39, 0.29) is 12.3 Å². The van der Waals surface area contributed by atoms with Crippen LogP contribution in [-0.2, 0) is 20.2 Å². The molecule has 0 spiro atoms. The number of tetrazole rings is 1. The van der Waals surface area contributed by atoms with E-state index in [2.05, 4.69) is 38.4 Å². The number of benzene rings is 2. The van der Waals surface area contributed by atoms with Gasteiger partial charge in [-0.1, -0.05) is 6.07 Å². The van der Waals surface area contributed by atoms with E-state index in [9.17, 15) is 4.79 Å². The van der Waals surface area contributed by atoms with Crippen molar-refractivity contribution in [3.05, 3.63) is 70.3 Å². The summed E-state index contributed by atoms with van der Waals surface area (Å²) >= 11 is 0. The number of aromatic nitrogens is 6. The quantitative estimate of drug-likeness (QED) is 0.413. The summed E-state index contributed by atoms with van der Waals surface area (Å²) in [5, 5.41) is 12.3. The van der Waals surface area contributed by atoms with Crippen LogP contribution in [-0.4, -0.2) is 36.7 Å². The Morgan fingerprint density at radius 2 is 1.94 bits per heavy atom. The molecule has 1 fully saturated rings. The summed E-state index contributed by atoms with van der Waals surface area (Å²) in [5.74, 6) is 2.13. The second-order valence-electron chi connectivity index (χ2n) is 8.37. The van der Waals surface area contributed by atoms with Gasteiger partial charge in [0, 0.05) is 25.4 Å². The third-order valence-electron chi connectivity index (χ3n) is 5.97. The summed E-state index contributed by atoms with van der Waals surface area (Å²) in [7, 11) is 3.15. The van der Waals surface area contributed by atoms with Crippen LogP contribution in [0.25, 0.3) is 16.9 Å². The first-order valence-electron chi connectivity index (χ1n) is 11.0. The number of hydrogen-bond acceptors (Lipinski definition) is 6. The molecule has 0 atom stereocenters. The molecule has 5 rings (SSSR count). The Morgan fingerprint density at radius 1 is 1.09 bits per heavy atom. The number of hydrogen-bond donors (Lipinski definition) is 0. The highest BCUT2D eigenvalue weighted by molar-refractivity contribution is 5.62. The lowest BCUT2D eigenvalue weighted by Gasteiger charge is -2.16. The number of nitrogens with zero attached hydrogens (tertiary/aromatic N) is 6. The van der Waals surface area contributed by atoms with E-state index in [1.165, 1.54) is 22.2 Å². The fourth-order valence-electron chi connectivity index (χ4n) is 3.94.